The normalized spacial score (nSPS) is 10.7. The molecule has 2 aromatic rings. The zero-order valence-electron chi connectivity index (χ0n) is 16.8. The van der Waals surface area contributed by atoms with Crippen LogP contribution in [0.2, 0.25) is 0 Å². The fraction of sp³-hybridized carbons (Fsp3) is 0.238. The van der Waals surface area contributed by atoms with Crippen molar-refractivity contribution in [3.8, 4) is 11.5 Å². The number of nitro groups is 1. The number of nitro benzene ring substituents is 1. The van der Waals surface area contributed by atoms with E-state index in [9.17, 15) is 19.7 Å². The summed E-state index contributed by atoms with van der Waals surface area (Å²) in [5, 5.41) is 13.2. The molecule has 0 heterocycles. The van der Waals surface area contributed by atoms with E-state index in [1.807, 2.05) is 13.8 Å². The molecule has 2 aromatic carbocycles. The first-order valence-corrected chi connectivity index (χ1v) is 9.02. The molecule has 158 valence electrons. The second kappa shape index (κ2) is 10.6. The molecular formula is C21H22N2O7. The monoisotopic (exact) mass is 414 g/mol. The lowest BCUT2D eigenvalue weighted by Gasteiger charge is -2.13. The Balaban J connectivity index is 1.89. The first-order chi connectivity index (χ1) is 14.3. The van der Waals surface area contributed by atoms with Gasteiger partial charge in [-0.3, -0.25) is 14.9 Å². The molecule has 1 N–H and O–H groups in total. The van der Waals surface area contributed by atoms with Gasteiger partial charge in [-0.2, -0.15) is 0 Å². The number of benzene rings is 2. The number of ether oxygens (including phenoxy) is 3. The highest BCUT2D eigenvalue weighted by atomic mass is 16.6. The number of esters is 1. The van der Waals surface area contributed by atoms with Crippen LogP contribution in [-0.2, 0) is 14.3 Å². The van der Waals surface area contributed by atoms with Crippen molar-refractivity contribution in [3.05, 3.63) is 64.2 Å². The number of nitrogens with one attached hydrogen (secondary N) is 1. The molecule has 0 unspecified atom stereocenters. The molecule has 0 atom stereocenters. The van der Waals surface area contributed by atoms with Gasteiger partial charge in [-0.1, -0.05) is 12.1 Å². The first kappa shape index (κ1) is 22.4. The predicted octanol–water partition coefficient (Wildman–Crippen LogP) is 3.59. The van der Waals surface area contributed by atoms with Gasteiger partial charge in [0, 0.05) is 23.9 Å². The number of carbonyl (C=O) groups is 2. The number of rotatable bonds is 9. The van der Waals surface area contributed by atoms with Gasteiger partial charge in [0.15, 0.2) is 18.1 Å². The molecule has 0 aliphatic heterocycles. The van der Waals surface area contributed by atoms with Crippen LogP contribution in [0, 0.1) is 10.1 Å². The third kappa shape index (κ3) is 6.93. The van der Waals surface area contributed by atoms with Crippen molar-refractivity contribution in [1.82, 2.24) is 0 Å². The molecule has 1 amide bonds. The fourth-order valence-electron chi connectivity index (χ4n) is 2.38. The second-order valence-electron chi connectivity index (χ2n) is 6.37. The minimum atomic E-state index is -0.717. The van der Waals surface area contributed by atoms with E-state index in [0.29, 0.717) is 17.1 Å². The van der Waals surface area contributed by atoms with Crippen LogP contribution < -0.4 is 14.8 Å². The number of hydrogen-bond donors (Lipinski definition) is 1. The summed E-state index contributed by atoms with van der Waals surface area (Å²) in [4.78, 5) is 33.9. The van der Waals surface area contributed by atoms with Gasteiger partial charge in [0.1, 0.15) is 0 Å². The van der Waals surface area contributed by atoms with Gasteiger partial charge >= 0.3 is 5.97 Å². The average molecular weight is 414 g/mol. The van der Waals surface area contributed by atoms with Gasteiger partial charge in [-0.05, 0) is 43.7 Å². The Morgan fingerprint density at radius 2 is 1.93 bits per heavy atom. The SMILES string of the molecule is COc1cc(/C=C/C(=O)OCC(=O)Nc2cccc([N+](=O)[O-])c2)ccc1OC(C)C. The van der Waals surface area contributed by atoms with E-state index in [1.165, 1.54) is 43.5 Å². The Hall–Kier alpha value is -3.88. The molecule has 0 saturated heterocycles. The highest BCUT2D eigenvalue weighted by Gasteiger charge is 2.10. The van der Waals surface area contributed by atoms with Crippen LogP contribution in [-0.4, -0.2) is 36.6 Å². The number of methoxy groups -OCH3 is 1. The van der Waals surface area contributed by atoms with Crippen LogP contribution in [0.3, 0.4) is 0 Å². The summed E-state index contributed by atoms with van der Waals surface area (Å²) in [5.74, 6) is -0.222. The van der Waals surface area contributed by atoms with Crippen LogP contribution in [0.15, 0.2) is 48.5 Å². The van der Waals surface area contributed by atoms with Crippen molar-refractivity contribution in [2.75, 3.05) is 19.0 Å². The van der Waals surface area contributed by atoms with Gasteiger partial charge in [0.25, 0.3) is 11.6 Å². The third-order valence-electron chi connectivity index (χ3n) is 3.65. The number of hydrogen-bond acceptors (Lipinski definition) is 7. The first-order valence-electron chi connectivity index (χ1n) is 9.02. The summed E-state index contributed by atoms with van der Waals surface area (Å²) in [7, 11) is 1.52. The lowest BCUT2D eigenvalue weighted by Crippen LogP contribution is -2.20. The smallest absolute Gasteiger partial charge is 0.331 e. The minimum absolute atomic E-state index is 0.0107. The summed E-state index contributed by atoms with van der Waals surface area (Å²) in [6.07, 6.45) is 2.68. The lowest BCUT2D eigenvalue weighted by molar-refractivity contribution is -0.384. The molecule has 30 heavy (non-hydrogen) atoms. The van der Waals surface area contributed by atoms with E-state index in [4.69, 9.17) is 14.2 Å². The molecular weight excluding hydrogens is 392 g/mol. The quantitative estimate of drug-likeness (QED) is 0.288. The van der Waals surface area contributed by atoms with E-state index in [1.54, 1.807) is 18.2 Å². The van der Waals surface area contributed by atoms with E-state index in [0.717, 1.165) is 0 Å². The molecule has 0 aliphatic rings. The summed E-state index contributed by atoms with van der Waals surface area (Å²) in [6, 6.07) is 10.6. The van der Waals surface area contributed by atoms with Crippen LogP contribution in [0.1, 0.15) is 19.4 Å². The Labute approximate surface area is 173 Å². The Kier molecular flexibility index (Phi) is 7.92. The van der Waals surface area contributed by atoms with Crippen LogP contribution in [0.4, 0.5) is 11.4 Å². The predicted molar refractivity (Wildman–Crippen MR) is 110 cm³/mol. The number of carbonyl (C=O) groups excluding carboxylic acids is 2. The summed E-state index contributed by atoms with van der Waals surface area (Å²) in [5.41, 5.74) is 0.755. The van der Waals surface area contributed by atoms with Gasteiger partial charge in [0.2, 0.25) is 0 Å². The summed E-state index contributed by atoms with van der Waals surface area (Å²) >= 11 is 0. The minimum Gasteiger partial charge on any atom is -0.493 e. The van der Waals surface area contributed by atoms with Crippen LogP contribution in [0.5, 0.6) is 11.5 Å². The number of nitrogens with zero attached hydrogens (tertiary/aromatic N) is 1. The molecule has 2 rings (SSSR count). The molecule has 9 heteroatoms. The van der Waals surface area contributed by atoms with Crippen molar-refractivity contribution >= 4 is 29.3 Å². The zero-order valence-corrected chi connectivity index (χ0v) is 16.8. The topological polar surface area (TPSA) is 117 Å². The maximum atomic E-state index is 11.9. The van der Waals surface area contributed by atoms with Crippen molar-refractivity contribution in [1.29, 1.82) is 0 Å². The number of amides is 1. The molecule has 0 aromatic heterocycles. The largest absolute Gasteiger partial charge is 0.493 e. The van der Waals surface area contributed by atoms with E-state index in [-0.39, 0.29) is 17.5 Å². The standard InChI is InChI=1S/C21H22N2O7/c1-14(2)30-18-9-7-15(11-19(18)28-3)8-10-21(25)29-13-20(24)22-16-5-4-6-17(12-16)23(26)27/h4-12,14H,13H2,1-3H3,(H,22,24)/b10-8+. The third-order valence-corrected chi connectivity index (χ3v) is 3.65. The van der Waals surface area contributed by atoms with Crippen molar-refractivity contribution < 1.29 is 28.7 Å². The number of anilines is 1. The maximum absolute atomic E-state index is 11.9. The zero-order chi connectivity index (χ0) is 22.1. The molecule has 0 aliphatic carbocycles. The highest BCUT2D eigenvalue weighted by Crippen LogP contribution is 2.29. The highest BCUT2D eigenvalue weighted by molar-refractivity contribution is 5.94. The van der Waals surface area contributed by atoms with Crippen LogP contribution >= 0.6 is 0 Å². The van der Waals surface area contributed by atoms with Crippen molar-refractivity contribution in [2.45, 2.75) is 20.0 Å². The Bertz CT molecular complexity index is 954. The maximum Gasteiger partial charge on any atom is 0.331 e. The van der Waals surface area contributed by atoms with Gasteiger partial charge in [0.05, 0.1) is 18.1 Å². The van der Waals surface area contributed by atoms with Gasteiger partial charge in [-0.15, -0.1) is 0 Å². The van der Waals surface area contributed by atoms with E-state index < -0.39 is 23.4 Å². The summed E-state index contributed by atoms with van der Waals surface area (Å²) < 4.78 is 15.8. The summed E-state index contributed by atoms with van der Waals surface area (Å²) in [6.45, 7) is 3.27. The van der Waals surface area contributed by atoms with Gasteiger partial charge < -0.3 is 19.5 Å². The van der Waals surface area contributed by atoms with Crippen LogP contribution in [0.25, 0.3) is 6.08 Å². The molecule has 0 bridgehead atoms. The molecule has 0 saturated carbocycles. The van der Waals surface area contributed by atoms with Crippen molar-refractivity contribution in [2.24, 2.45) is 0 Å². The average Bonchev–Trinajstić information content (AvgIpc) is 2.71. The molecule has 0 radical (unpaired) electrons. The lowest BCUT2D eigenvalue weighted by atomic mass is 10.2. The Morgan fingerprint density at radius 3 is 2.60 bits per heavy atom. The molecule has 0 spiro atoms. The molecule has 0 fully saturated rings. The molecule has 9 nitrogen and oxygen atoms in total. The van der Waals surface area contributed by atoms with E-state index in [2.05, 4.69) is 5.32 Å². The van der Waals surface area contributed by atoms with Gasteiger partial charge in [-0.25, -0.2) is 4.79 Å². The fourth-order valence-corrected chi connectivity index (χ4v) is 2.38. The van der Waals surface area contributed by atoms with Crippen molar-refractivity contribution in [3.63, 3.8) is 0 Å². The second-order valence-corrected chi connectivity index (χ2v) is 6.37. The Morgan fingerprint density at radius 1 is 1.17 bits per heavy atom. The number of non-ortho nitro benzene ring substituents is 1. The van der Waals surface area contributed by atoms with E-state index >= 15 is 0 Å².